The van der Waals surface area contributed by atoms with Crippen LogP contribution >= 0.6 is 0 Å². The molecule has 0 rings (SSSR count). The van der Waals surface area contributed by atoms with Crippen LogP contribution in [0, 0.1) is 17.8 Å². The molecule has 0 saturated heterocycles. The number of carbonyl (C=O) groups excluding carboxylic acids is 1. The van der Waals surface area contributed by atoms with Gasteiger partial charge in [0, 0.05) is 12.5 Å². The molecule has 18 heavy (non-hydrogen) atoms. The highest BCUT2D eigenvalue weighted by atomic mass is 16.4. The Morgan fingerprint density at radius 1 is 1.11 bits per heavy atom. The molecule has 106 valence electrons. The molecule has 0 aliphatic carbocycles. The summed E-state index contributed by atoms with van der Waals surface area (Å²) in [6.45, 7) is 10.4. The Kier molecular flexibility index (Phi) is 7.64. The molecule has 0 aromatic heterocycles. The van der Waals surface area contributed by atoms with Crippen molar-refractivity contribution < 1.29 is 14.7 Å². The monoisotopic (exact) mass is 257 g/mol. The first-order valence-corrected chi connectivity index (χ1v) is 6.83. The van der Waals surface area contributed by atoms with Gasteiger partial charge in [0.1, 0.15) is 6.54 Å². The molecule has 0 aliphatic rings. The summed E-state index contributed by atoms with van der Waals surface area (Å²) >= 11 is 0. The smallest absolute Gasteiger partial charge is 0.323 e. The van der Waals surface area contributed by atoms with E-state index in [4.69, 9.17) is 5.11 Å². The largest absolute Gasteiger partial charge is 0.480 e. The minimum absolute atomic E-state index is 0.0280. The second kappa shape index (κ2) is 8.11. The van der Waals surface area contributed by atoms with Crippen molar-refractivity contribution in [1.82, 2.24) is 4.90 Å². The van der Waals surface area contributed by atoms with E-state index in [0.717, 1.165) is 12.8 Å². The molecule has 1 unspecified atom stereocenters. The maximum atomic E-state index is 12.3. The van der Waals surface area contributed by atoms with Gasteiger partial charge in [-0.25, -0.2) is 0 Å². The van der Waals surface area contributed by atoms with E-state index in [-0.39, 0.29) is 24.3 Å². The molecule has 4 heteroatoms. The zero-order valence-electron chi connectivity index (χ0n) is 12.3. The van der Waals surface area contributed by atoms with E-state index in [9.17, 15) is 9.59 Å². The van der Waals surface area contributed by atoms with Gasteiger partial charge in [-0.3, -0.25) is 9.59 Å². The molecule has 0 aliphatic heterocycles. The molecule has 1 N–H and O–H groups in total. The lowest BCUT2D eigenvalue weighted by Gasteiger charge is -2.29. The number of carboxylic acid groups (broad SMARTS) is 1. The highest BCUT2D eigenvalue weighted by Gasteiger charge is 2.27. The molecule has 4 nitrogen and oxygen atoms in total. The summed E-state index contributed by atoms with van der Waals surface area (Å²) < 4.78 is 0. The molecule has 0 aromatic rings. The second-order valence-electron chi connectivity index (χ2n) is 5.37. The number of hydrogen-bond donors (Lipinski definition) is 1. The first kappa shape index (κ1) is 16.9. The van der Waals surface area contributed by atoms with Crippen LogP contribution in [0.5, 0.6) is 0 Å². The summed E-state index contributed by atoms with van der Waals surface area (Å²) in [6.07, 6.45) is 1.90. The fourth-order valence-corrected chi connectivity index (χ4v) is 2.32. The molecule has 1 atom stereocenters. The number of carbonyl (C=O) groups is 2. The molecule has 0 spiro atoms. The third-order valence-electron chi connectivity index (χ3n) is 3.37. The van der Waals surface area contributed by atoms with Crippen LogP contribution in [-0.4, -0.2) is 35.0 Å². The Morgan fingerprint density at radius 3 is 1.94 bits per heavy atom. The Morgan fingerprint density at radius 2 is 1.61 bits per heavy atom. The number of aliphatic carboxylic acids is 1. The Hall–Kier alpha value is -1.06. The summed E-state index contributed by atoms with van der Waals surface area (Å²) in [5.41, 5.74) is 0. The first-order valence-electron chi connectivity index (χ1n) is 6.83. The van der Waals surface area contributed by atoms with Gasteiger partial charge >= 0.3 is 5.97 Å². The molecule has 0 fully saturated rings. The van der Waals surface area contributed by atoms with Crippen LogP contribution in [0.2, 0.25) is 0 Å². The molecule has 0 saturated carbocycles. The predicted octanol–water partition coefficient (Wildman–Crippen LogP) is 2.63. The lowest BCUT2D eigenvalue weighted by atomic mass is 9.88. The topological polar surface area (TPSA) is 57.6 Å². The van der Waals surface area contributed by atoms with Crippen molar-refractivity contribution in [2.24, 2.45) is 17.8 Å². The van der Waals surface area contributed by atoms with E-state index in [1.165, 1.54) is 4.90 Å². The molecule has 1 amide bonds. The van der Waals surface area contributed by atoms with Crippen LogP contribution in [0.25, 0.3) is 0 Å². The number of rotatable bonds is 8. The lowest BCUT2D eigenvalue weighted by molar-refractivity contribution is -0.147. The maximum Gasteiger partial charge on any atom is 0.323 e. The van der Waals surface area contributed by atoms with Gasteiger partial charge in [-0.1, -0.05) is 47.5 Å². The molecular weight excluding hydrogens is 230 g/mol. The quantitative estimate of drug-likeness (QED) is 0.727. The summed E-state index contributed by atoms with van der Waals surface area (Å²) in [4.78, 5) is 24.7. The highest BCUT2D eigenvalue weighted by Crippen LogP contribution is 2.21. The summed E-state index contributed by atoms with van der Waals surface area (Å²) in [6, 6.07) is 0. The van der Waals surface area contributed by atoms with Gasteiger partial charge in [0.05, 0.1) is 0 Å². The van der Waals surface area contributed by atoms with Crippen molar-refractivity contribution in [2.45, 2.75) is 47.5 Å². The average Bonchev–Trinajstić information content (AvgIpc) is 2.27. The van der Waals surface area contributed by atoms with E-state index in [2.05, 4.69) is 13.8 Å². The molecule has 0 bridgehead atoms. The van der Waals surface area contributed by atoms with Crippen LogP contribution in [0.3, 0.4) is 0 Å². The van der Waals surface area contributed by atoms with Crippen molar-refractivity contribution in [3.8, 4) is 0 Å². The molecular formula is C14H27NO3. The van der Waals surface area contributed by atoms with E-state index in [0.29, 0.717) is 12.5 Å². The third kappa shape index (κ3) is 5.52. The molecule has 0 radical (unpaired) electrons. The van der Waals surface area contributed by atoms with Gasteiger partial charge in [0.15, 0.2) is 0 Å². The van der Waals surface area contributed by atoms with Crippen LogP contribution in [0.4, 0.5) is 0 Å². The van der Waals surface area contributed by atoms with Gasteiger partial charge < -0.3 is 10.0 Å². The maximum absolute atomic E-state index is 12.3. The first-order chi connectivity index (χ1) is 8.33. The normalized spacial score (nSPS) is 12.8. The number of nitrogens with zero attached hydrogens (tertiary/aromatic N) is 1. The summed E-state index contributed by atoms with van der Waals surface area (Å²) in [5, 5.41) is 8.89. The SMILES string of the molecule is CCC(CC)C(C)C(=O)N(CC(=O)O)CC(C)C. The van der Waals surface area contributed by atoms with Crippen molar-refractivity contribution in [2.75, 3.05) is 13.1 Å². The number of hydrogen-bond acceptors (Lipinski definition) is 2. The molecule has 0 heterocycles. The fraction of sp³-hybridized carbons (Fsp3) is 0.857. The third-order valence-corrected chi connectivity index (χ3v) is 3.37. The molecule has 0 aromatic carbocycles. The lowest BCUT2D eigenvalue weighted by Crippen LogP contribution is -2.42. The Balaban J connectivity index is 4.76. The fourth-order valence-electron chi connectivity index (χ4n) is 2.32. The highest BCUT2D eigenvalue weighted by molar-refractivity contribution is 5.83. The van der Waals surface area contributed by atoms with Crippen LogP contribution < -0.4 is 0 Å². The average molecular weight is 257 g/mol. The van der Waals surface area contributed by atoms with Gasteiger partial charge in [0.25, 0.3) is 0 Å². The van der Waals surface area contributed by atoms with E-state index in [1.54, 1.807) is 0 Å². The summed E-state index contributed by atoms with van der Waals surface area (Å²) in [5.74, 6) is -0.457. The van der Waals surface area contributed by atoms with Gasteiger partial charge in [-0.15, -0.1) is 0 Å². The zero-order chi connectivity index (χ0) is 14.3. The Bertz CT molecular complexity index is 272. The minimum Gasteiger partial charge on any atom is -0.480 e. The van der Waals surface area contributed by atoms with E-state index in [1.807, 2.05) is 20.8 Å². The number of amides is 1. The Labute approximate surface area is 110 Å². The number of carboxylic acids is 1. The van der Waals surface area contributed by atoms with Crippen molar-refractivity contribution in [3.05, 3.63) is 0 Å². The van der Waals surface area contributed by atoms with Crippen molar-refractivity contribution in [1.29, 1.82) is 0 Å². The van der Waals surface area contributed by atoms with Gasteiger partial charge in [-0.2, -0.15) is 0 Å². The van der Waals surface area contributed by atoms with Crippen LogP contribution in [-0.2, 0) is 9.59 Å². The van der Waals surface area contributed by atoms with E-state index >= 15 is 0 Å². The zero-order valence-corrected chi connectivity index (χ0v) is 12.3. The standard InChI is InChI=1S/C14H27NO3/c1-6-12(7-2)11(5)14(18)15(8-10(3)4)9-13(16)17/h10-12H,6-9H2,1-5H3,(H,16,17). The minimum atomic E-state index is -0.944. The predicted molar refractivity (Wildman–Crippen MR) is 72.3 cm³/mol. The van der Waals surface area contributed by atoms with E-state index < -0.39 is 5.97 Å². The van der Waals surface area contributed by atoms with Crippen LogP contribution in [0.1, 0.15) is 47.5 Å². The van der Waals surface area contributed by atoms with Gasteiger partial charge in [0.2, 0.25) is 5.91 Å². The van der Waals surface area contributed by atoms with Gasteiger partial charge in [-0.05, 0) is 11.8 Å². The van der Waals surface area contributed by atoms with Crippen molar-refractivity contribution in [3.63, 3.8) is 0 Å². The second-order valence-corrected chi connectivity index (χ2v) is 5.37. The summed E-state index contributed by atoms with van der Waals surface area (Å²) in [7, 11) is 0. The van der Waals surface area contributed by atoms with Crippen LogP contribution in [0.15, 0.2) is 0 Å². The van der Waals surface area contributed by atoms with Crippen molar-refractivity contribution >= 4 is 11.9 Å².